The summed E-state index contributed by atoms with van der Waals surface area (Å²) < 4.78 is 0. The van der Waals surface area contributed by atoms with Crippen LogP contribution in [0.15, 0.2) is 35.2 Å². The maximum absolute atomic E-state index is 11.3. The molecule has 0 spiro atoms. The molecule has 1 aromatic carbocycles. The quantitative estimate of drug-likeness (QED) is 0.642. The normalized spacial score (nSPS) is 13.3. The summed E-state index contributed by atoms with van der Waals surface area (Å²) in [5.74, 6) is 4.89. The highest BCUT2D eigenvalue weighted by Gasteiger charge is 2.26. The van der Waals surface area contributed by atoms with E-state index in [1.165, 1.54) is 11.8 Å². The summed E-state index contributed by atoms with van der Waals surface area (Å²) >= 11 is 1.37. The van der Waals surface area contributed by atoms with Crippen LogP contribution in [0.2, 0.25) is 0 Å². The van der Waals surface area contributed by atoms with Crippen molar-refractivity contribution in [2.75, 3.05) is 0 Å². The average Bonchev–Trinajstić information content (AvgIpc) is 2.34. The highest BCUT2D eigenvalue weighted by atomic mass is 32.2. The molecule has 17 heavy (non-hydrogen) atoms. The summed E-state index contributed by atoms with van der Waals surface area (Å²) in [4.78, 5) is 12.3. The highest BCUT2D eigenvalue weighted by molar-refractivity contribution is 8.00. The van der Waals surface area contributed by atoms with Crippen molar-refractivity contribution in [1.29, 1.82) is 0 Å². The zero-order valence-electron chi connectivity index (χ0n) is 10.0. The fraction of sp³-hybridized carbons (Fsp3) is 0.357. The number of thioether (sulfide) groups is 1. The molecule has 0 amide bonds. The summed E-state index contributed by atoms with van der Waals surface area (Å²) in [6.45, 7) is 3.71. The third kappa shape index (κ3) is 4.16. The Hall–Kier alpha value is -1.40. The average molecular weight is 248 g/mol. The second-order valence-corrected chi connectivity index (χ2v) is 4.81. The van der Waals surface area contributed by atoms with Gasteiger partial charge in [0, 0.05) is 10.8 Å². The molecule has 0 aliphatic carbocycles. The minimum Gasteiger partial charge on any atom is -0.480 e. The third-order valence-electron chi connectivity index (χ3n) is 2.38. The van der Waals surface area contributed by atoms with E-state index in [1.54, 1.807) is 6.92 Å². The van der Waals surface area contributed by atoms with E-state index < -0.39 is 11.2 Å². The molecular formula is C14H16O2S. The smallest absolute Gasteiger partial charge is 0.318 e. The van der Waals surface area contributed by atoms with E-state index >= 15 is 0 Å². The lowest BCUT2D eigenvalue weighted by Crippen LogP contribution is -2.25. The first-order valence-electron chi connectivity index (χ1n) is 5.55. The number of carbonyl (C=O) groups is 1. The van der Waals surface area contributed by atoms with Gasteiger partial charge in [0.15, 0.2) is 0 Å². The molecule has 1 aromatic rings. The van der Waals surface area contributed by atoms with Crippen molar-refractivity contribution in [3.8, 4) is 11.8 Å². The Balaban J connectivity index is 2.85. The Morgan fingerprint density at radius 3 is 2.53 bits per heavy atom. The van der Waals surface area contributed by atoms with Crippen LogP contribution in [0.3, 0.4) is 0 Å². The van der Waals surface area contributed by atoms with Gasteiger partial charge in [-0.1, -0.05) is 31.0 Å². The van der Waals surface area contributed by atoms with Crippen LogP contribution in [-0.4, -0.2) is 16.3 Å². The van der Waals surface area contributed by atoms with Crippen LogP contribution in [0.25, 0.3) is 0 Å². The Morgan fingerprint density at radius 1 is 1.41 bits per heavy atom. The second-order valence-electron chi connectivity index (χ2n) is 3.60. The molecule has 0 heterocycles. The number of hydrogen-bond acceptors (Lipinski definition) is 2. The molecule has 0 saturated heterocycles. The number of carboxylic acid groups (broad SMARTS) is 1. The highest BCUT2D eigenvalue weighted by Crippen LogP contribution is 2.29. The van der Waals surface area contributed by atoms with Crippen LogP contribution in [0.1, 0.15) is 20.3 Å². The predicted molar refractivity (Wildman–Crippen MR) is 71.0 cm³/mol. The lowest BCUT2D eigenvalue weighted by molar-refractivity contribution is -0.137. The molecule has 2 unspecified atom stereocenters. The molecule has 2 atom stereocenters. The molecule has 3 heteroatoms. The first-order chi connectivity index (χ1) is 8.19. The first kappa shape index (κ1) is 13.7. The van der Waals surface area contributed by atoms with E-state index in [2.05, 4.69) is 11.8 Å². The molecule has 2 nitrogen and oxygen atoms in total. The van der Waals surface area contributed by atoms with Gasteiger partial charge < -0.3 is 5.11 Å². The lowest BCUT2D eigenvalue weighted by Gasteiger charge is -2.17. The van der Waals surface area contributed by atoms with Crippen LogP contribution in [-0.2, 0) is 4.79 Å². The van der Waals surface area contributed by atoms with Crippen molar-refractivity contribution in [2.45, 2.75) is 30.4 Å². The SMILES string of the molecule is CC#CC(CC)C(Sc1ccccc1)C(=O)O. The number of hydrogen-bond donors (Lipinski definition) is 1. The maximum atomic E-state index is 11.3. The molecule has 0 aromatic heterocycles. The zero-order chi connectivity index (χ0) is 12.7. The van der Waals surface area contributed by atoms with E-state index in [9.17, 15) is 9.90 Å². The van der Waals surface area contributed by atoms with E-state index in [0.717, 1.165) is 11.3 Å². The molecule has 0 radical (unpaired) electrons. The van der Waals surface area contributed by atoms with E-state index in [1.807, 2.05) is 37.3 Å². The van der Waals surface area contributed by atoms with Gasteiger partial charge in [0.05, 0.1) is 0 Å². The van der Waals surface area contributed by atoms with Crippen LogP contribution in [0, 0.1) is 17.8 Å². The number of aliphatic carboxylic acids is 1. The topological polar surface area (TPSA) is 37.3 Å². The molecule has 0 fully saturated rings. The van der Waals surface area contributed by atoms with E-state index in [-0.39, 0.29) is 5.92 Å². The van der Waals surface area contributed by atoms with Gasteiger partial charge in [0.1, 0.15) is 5.25 Å². The fourth-order valence-electron chi connectivity index (χ4n) is 1.53. The standard InChI is InChI=1S/C14H16O2S/c1-3-8-11(4-2)13(14(15)16)17-12-9-6-5-7-10-12/h5-7,9-11,13H,4H2,1-2H3,(H,15,16). The molecule has 0 bridgehead atoms. The van der Waals surface area contributed by atoms with Gasteiger partial charge in [-0.05, 0) is 25.5 Å². The van der Waals surface area contributed by atoms with E-state index in [0.29, 0.717) is 0 Å². The van der Waals surface area contributed by atoms with Gasteiger partial charge in [0.25, 0.3) is 0 Å². The van der Waals surface area contributed by atoms with Crippen LogP contribution in [0.4, 0.5) is 0 Å². The van der Waals surface area contributed by atoms with Crippen molar-refractivity contribution in [1.82, 2.24) is 0 Å². The summed E-state index contributed by atoms with van der Waals surface area (Å²) in [6, 6.07) is 9.59. The summed E-state index contributed by atoms with van der Waals surface area (Å²) in [6.07, 6.45) is 0.748. The largest absolute Gasteiger partial charge is 0.480 e. The van der Waals surface area contributed by atoms with Gasteiger partial charge in [0.2, 0.25) is 0 Å². The molecule has 1 N–H and O–H groups in total. The minimum atomic E-state index is -0.798. The van der Waals surface area contributed by atoms with Crippen molar-refractivity contribution in [2.24, 2.45) is 5.92 Å². The van der Waals surface area contributed by atoms with Gasteiger partial charge in [-0.2, -0.15) is 0 Å². The molecule has 90 valence electrons. The monoisotopic (exact) mass is 248 g/mol. The van der Waals surface area contributed by atoms with Crippen molar-refractivity contribution in [3.63, 3.8) is 0 Å². The third-order valence-corrected chi connectivity index (χ3v) is 3.71. The van der Waals surface area contributed by atoms with Crippen molar-refractivity contribution >= 4 is 17.7 Å². The van der Waals surface area contributed by atoms with Crippen LogP contribution < -0.4 is 0 Å². The molecular weight excluding hydrogens is 232 g/mol. The minimum absolute atomic E-state index is 0.109. The Labute approximate surface area is 106 Å². The molecule has 0 saturated carbocycles. The van der Waals surface area contributed by atoms with Crippen molar-refractivity contribution < 1.29 is 9.90 Å². The fourth-order valence-corrected chi connectivity index (χ4v) is 2.66. The maximum Gasteiger partial charge on any atom is 0.318 e. The number of rotatable bonds is 5. The zero-order valence-corrected chi connectivity index (χ0v) is 10.8. The molecule has 0 aliphatic rings. The summed E-state index contributed by atoms with van der Waals surface area (Å²) in [5.41, 5.74) is 0. The molecule has 0 aliphatic heterocycles. The van der Waals surface area contributed by atoms with Gasteiger partial charge in [-0.25, -0.2) is 0 Å². The first-order valence-corrected chi connectivity index (χ1v) is 6.43. The predicted octanol–water partition coefficient (Wildman–Crippen LogP) is 3.28. The van der Waals surface area contributed by atoms with Crippen molar-refractivity contribution in [3.05, 3.63) is 30.3 Å². The molecule has 1 rings (SSSR count). The second kappa shape index (κ2) is 7.03. The lowest BCUT2D eigenvalue weighted by atomic mass is 10.0. The van der Waals surface area contributed by atoms with Gasteiger partial charge >= 0.3 is 5.97 Å². The Bertz CT molecular complexity index is 417. The Morgan fingerprint density at radius 2 is 2.06 bits per heavy atom. The van der Waals surface area contributed by atoms with E-state index in [4.69, 9.17) is 0 Å². The van der Waals surface area contributed by atoms with Gasteiger partial charge in [-0.3, -0.25) is 4.79 Å². The van der Waals surface area contributed by atoms with Crippen LogP contribution >= 0.6 is 11.8 Å². The summed E-state index contributed by atoms with van der Waals surface area (Å²) in [5, 5.41) is 8.77. The number of carboxylic acids is 1. The van der Waals surface area contributed by atoms with Crippen LogP contribution in [0.5, 0.6) is 0 Å². The Kier molecular flexibility index (Phi) is 5.65. The number of benzene rings is 1. The summed E-state index contributed by atoms with van der Waals surface area (Å²) in [7, 11) is 0. The van der Waals surface area contributed by atoms with Gasteiger partial charge in [-0.15, -0.1) is 17.7 Å².